The number of aliphatic hydroxyl groups is 1. The number of benzene rings is 1. The number of halogens is 1. The van der Waals surface area contributed by atoms with Gasteiger partial charge in [0.05, 0.1) is 6.10 Å². The van der Waals surface area contributed by atoms with Gasteiger partial charge in [0.15, 0.2) is 5.82 Å². The molecule has 0 aliphatic heterocycles. The van der Waals surface area contributed by atoms with E-state index in [1.165, 1.54) is 4.57 Å². The van der Waals surface area contributed by atoms with Crippen LogP contribution in [0.3, 0.4) is 0 Å². The first-order chi connectivity index (χ1) is 13.4. The number of nitrogens with zero attached hydrogens (tertiary/aromatic N) is 4. The van der Waals surface area contributed by atoms with Crippen molar-refractivity contribution < 1.29 is 9.63 Å². The lowest BCUT2D eigenvalue weighted by Gasteiger charge is -2.08. The monoisotopic (exact) mass is 402 g/mol. The first kappa shape index (κ1) is 18.6. The highest BCUT2D eigenvalue weighted by molar-refractivity contribution is 6.30. The van der Waals surface area contributed by atoms with Crippen LogP contribution in [-0.4, -0.2) is 24.4 Å². The number of aliphatic hydroxyl groups excluding tert-OH is 1. The molecule has 1 atom stereocenters. The van der Waals surface area contributed by atoms with Crippen LogP contribution < -0.4 is 11.2 Å². The highest BCUT2D eigenvalue weighted by Gasteiger charge is 2.28. The van der Waals surface area contributed by atoms with Crippen LogP contribution in [0.4, 0.5) is 0 Å². The van der Waals surface area contributed by atoms with Crippen LogP contribution in [0.15, 0.2) is 44.6 Å². The van der Waals surface area contributed by atoms with Crippen LogP contribution in [0, 0.1) is 0 Å². The molecule has 1 fully saturated rings. The van der Waals surface area contributed by atoms with Crippen molar-refractivity contribution in [2.45, 2.75) is 37.8 Å². The summed E-state index contributed by atoms with van der Waals surface area (Å²) >= 11 is 5.85. The molecule has 1 aliphatic rings. The second-order valence-electron chi connectivity index (χ2n) is 7.02. The SMILES string of the molecule is Cn1cc(C2CC2)c(=O)n(Cc2nc(C[C@H](O)c3ccc(Cl)cc3)no2)c1=O. The summed E-state index contributed by atoms with van der Waals surface area (Å²) in [5, 5.41) is 14.8. The quantitative estimate of drug-likeness (QED) is 0.674. The van der Waals surface area contributed by atoms with Gasteiger partial charge in [-0.2, -0.15) is 4.98 Å². The molecule has 0 spiro atoms. The van der Waals surface area contributed by atoms with Gasteiger partial charge >= 0.3 is 5.69 Å². The van der Waals surface area contributed by atoms with E-state index < -0.39 is 11.8 Å². The Hall–Kier alpha value is -2.71. The highest BCUT2D eigenvalue weighted by Crippen LogP contribution is 2.37. The summed E-state index contributed by atoms with van der Waals surface area (Å²) in [6, 6.07) is 6.83. The highest BCUT2D eigenvalue weighted by atomic mass is 35.5. The van der Waals surface area contributed by atoms with Crippen LogP contribution in [0.25, 0.3) is 0 Å². The molecule has 2 heterocycles. The molecule has 0 saturated heterocycles. The lowest BCUT2D eigenvalue weighted by Crippen LogP contribution is -2.40. The summed E-state index contributed by atoms with van der Waals surface area (Å²) in [7, 11) is 1.62. The Morgan fingerprint density at radius 2 is 2.00 bits per heavy atom. The Morgan fingerprint density at radius 1 is 1.29 bits per heavy atom. The third-order valence-corrected chi connectivity index (χ3v) is 5.06. The molecule has 2 aromatic heterocycles. The first-order valence-electron chi connectivity index (χ1n) is 8.97. The van der Waals surface area contributed by atoms with E-state index in [0.717, 1.165) is 17.4 Å². The van der Waals surface area contributed by atoms with Crippen molar-refractivity contribution in [1.82, 2.24) is 19.3 Å². The van der Waals surface area contributed by atoms with Gasteiger partial charge in [0, 0.05) is 30.3 Å². The van der Waals surface area contributed by atoms with E-state index in [1.807, 2.05) is 0 Å². The van der Waals surface area contributed by atoms with Crippen molar-refractivity contribution in [2.75, 3.05) is 0 Å². The van der Waals surface area contributed by atoms with Crippen LogP contribution in [0.1, 0.15) is 47.7 Å². The second kappa shape index (κ2) is 7.37. The zero-order valence-corrected chi connectivity index (χ0v) is 16.0. The first-order valence-corrected chi connectivity index (χ1v) is 9.35. The Bertz CT molecular complexity index is 1110. The third-order valence-electron chi connectivity index (χ3n) is 4.81. The summed E-state index contributed by atoms with van der Waals surface area (Å²) in [4.78, 5) is 29.2. The lowest BCUT2D eigenvalue weighted by molar-refractivity contribution is 0.174. The van der Waals surface area contributed by atoms with Gasteiger partial charge in [-0.05, 0) is 36.5 Å². The number of rotatable bonds is 6. The molecule has 9 heteroatoms. The van der Waals surface area contributed by atoms with Crippen molar-refractivity contribution in [1.29, 1.82) is 0 Å². The summed E-state index contributed by atoms with van der Waals surface area (Å²) in [6.45, 7) is -0.101. The standard InChI is InChI=1S/C19H19ClN4O4/c1-23-9-14(11-2-3-11)18(26)24(19(23)27)10-17-21-16(22-28-17)8-15(25)12-4-6-13(20)7-5-12/h4-7,9,11,15,25H,2-3,8,10H2,1H3/t15-/m0/s1. The smallest absolute Gasteiger partial charge is 0.331 e. The summed E-state index contributed by atoms with van der Waals surface area (Å²) in [6.07, 6.45) is 2.85. The maximum atomic E-state index is 12.6. The molecule has 1 aromatic carbocycles. The van der Waals surface area contributed by atoms with Gasteiger partial charge in [-0.1, -0.05) is 28.9 Å². The molecule has 0 amide bonds. The lowest BCUT2D eigenvalue weighted by atomic mass is 10.1. The average Bonchev–Trinajstić information content (AvgIpc) is 3.42. The van der Waals surface area contributed by atoms with Crippen LogP contribution in [-0.2, 0) is 20.0 Å². The molecule has 1 N–H and O–H groups in total. The summed E-state index contributed by atoms with van der Waals surface area (Å²) in [5.41, 5.74) is 0.569. The van der Waals surface area contributed by atoms with Gasteiger partial charge in [-0.3, -0.25) is 9.36 Å². The van der Waals surface area contributed by atoms with Crippen molar-refractivity contribution >= 4 is 11.6 Å². The number of aryl methyl sites for hydroxylation is 1. The van der Waals surface area contributed by atoms with Gasteiger partial charge in [-0.25, -0.2) is 4.79 Å². The maximum Gasteiger partial charge on any atom is 0.331 e. The van der Waals surface area contributed by atoms with E-state index in [9.17, 15) is 14.7 Å². The molecule has 8 nitrogen and oxygen atoms in total. The molecule has 146 valence electrons. The maximum absolute atomic E-state index is 12.6. The van der Waals surface area contributed by atoms with E-state index in [0.29, 0.717) is 22.0 Å². The van der Waals surface area contributed by atoms with Gasteiger partial charge < -0.3 is 14.2 Å². The van der Waals surface area contributed by atoms with Gasteiger partial charge in [0.1, 0.15) is 6.54 Å². The van der Waals surface area contributed by atoms with Crippen molar-refractivity contribution in [3.8, 4) is 0 Å². The zero-order chi connectivity index (χ0) is 19.8. The van der Waals surface area contributed by atoms with Crippen LogP contribution in [0.2, 0.25) is 5.02 Å². The Morgan fingerprint density at radius 3 is 2.68 bits per heavy atom. The minimum absolute atomic E-state index is 0.101. The average molecular weight is 403 g/mol. The fourth-order valence-electron chi connectivity index (χ4n) is 3.11. The van der Waals surface area contributed by atoms with Crippen molar-refractivity contribution in [3.05, 3.63) is 79.2 Å². The molecule has 1 saturated carbocycles. The fourth-order valence-corrected chi connectivity index (χ4v) is 3.24. The van der Waals surface area contributed by atoms with Gasteiger partial charge in [0.2, 0.25) is 5.89 Å². The summed E-state index contributed by atoms with van der Waals surface area (Å²) < 4.78 is 7.70. The van der Waals surface area contributed by atoms with E-state index in [4.69, 9.17) is 16.1 Å². The van der Waals surface area contributed by atoms with Gasteiger partial charge in [0.25, 0.3) is 5.56 Å². The number of hydrogen-bond acceptors (Lipinski definition) is 6. The van der Waals surface area contributed by atoms with E-state index in [2.05, 4.69) is 10.1 Å². The van der Waals surface area contributed by atoms with E-state index in [-0.39, 0.29) is 30.3 Å². The topological polar surface area (TPSA) is 103 Å². The van der Waals surface area contributed by atoms with Crippen molar-refractivity contribution in [2.24, 2.45) is 7.05 Å². The van der Waals surface area contributed by atoms with Crippen LogP contribution >= 0.6 is 11.6 Å². The summed E-state index contributed by atoms with van der Waals surface area (Å²) in [5.74, 6) is 0.657. The molecule has 0 radical (unpaired) electrons. The molecule has 4 rings (SSSR count). The Labute approximate surface area is 165 Å². The minimum Gasteiger partial charge on any atom is -0.388 e. The number of aromatic nitrogens is 4. The third kappa shape index (κ3) is 3.79. The molecule has 28 heavy (non-hydrogen) atoms. The molecule has 0 unspecified atom stereocenters. The molecular formula is C19H19ClN4O4. The van der Waals surface area contributed by atoms with E-state index >= 15 is 0 Å². The fraction of sp³-hybridized carbons (Fsp3) is 0.368. The molecule has 0 bridgehead atoms. The van der Waals surface area contributed by atoms with Gasteiger partial charge in [-0.15, -0.1) is 0 Å². The Balaban J connectivity index is 1.53. The predicted molar refractivity (Wildman–Crippen MR) is 101 cm³/mol. The largest absolute Gasteiger partial charge is 0.388 e. The second-order valence-corrected chi connectivity index (χ2v) is 7.46. The zero-order valence-electron chi connectivity index (χ0n) is 15.2. The Kier molecular flexibility index (Phi) is 4.91. The normalized spacial score (nSPS) is 15.0. The number of hydrogen-bond donors (Lipinski definition) is 1. The van der Waals surface area contributed by atoms with Crippen LogP contribution in [0.5, 0.6) is 0 Å². The predicted octanol–water partition coefficient (Wildman–Crippen LogP) is 1.79. The van der Waals surface area contributed by atoms with Crippen molar-refractivity contribution in [3.63, 3.8) is 0 Å². The molecule has 1 aliphatic carbocycles. The molecular weight excluding hydrogens is 384 g/mol. The molecule has 3 aromatic rings. The minimum atomic E-state index is -0.823. The van der Waals surface area contributed by atoms with E-state index in [1.54, 1.807) is 37.5 Å².